The Balaban J connectivity index is 2.20. The summed E-state index contributed by atoms with van der Waals surface area (Å²) >= 11 is 5.41. The molecular formula is C16H14N2S. The summed E-state index contributed by atoms with van der Waals surface area (Å²) < 4.78 is 0. The molecule has 0 unspecified atom stereocenters. The first-order valence-corrected chi connectivity index (χ1v) is 6.64. The number of fused-ring (bicyclic) bond motifs is 1. The average molecular weight is 266 g/mol. The second-order valence-electron chi connectivity index (χ2n) is 4.50. The van der Waals surface area contributed by atoms with Crippen LogP contribution in [0.15, 0.2) is 59.6 Å². The molecule has 0 saturated heterocycles. The molecule has 0 atom stereocenters. The number of hydrogen-bond donors (Lipinski definition) is 0. The minimum atomic E-state index is 0.560. The topological polar surface area (TPSA) is 15.6 Å². The van der Waals surface area contributed by atoms with E-state index < -0.39 is 0 Å². The van der Waals surface area contributed by atoms with Crippen molar-refractivity contribution in [2.75, 3.05) is 18.5 Å². The van der Waals surface area contributed by atoms with Crippen LogP contribution in [0.4, 0.5) is 5.69 Å². The number of benzene rings is 2. The van der Waals surface area contributed by atoms with Gasteiger partial charge in [0.15, 0.2) is 0 Å². The van der Waals surface area contributed by atoms with E-state index in [2.05, 4.69) is 24.3 Å². The number of rotatable bonds is 1. The van der Waals surface area contributed by atoms with Gasteiger partial charge in [0.1, 0.15) is 4.99 Å². The number of likely N-dealkylation sites (N-methyl/N-ethyl adjacent to an activating group) is 1. The number of para-hydroxylation sites is 1. The fourth-order valence-corrected chi connectivity index (χ4v) is 2.44. The number of nitrogens with zero attached hydrogens (tertiary/aromatic N) is 2. The van der Waals surface area contributed by atoms with Crippen molar-refractivity contribution < 1.29 is 0 Å². The van der Waals surface area contributed by atoms with E-state index >= 15 is 0 Å². The molecule has 1 heterocycles. The molecule has 0 saturated carbocycles. The lowest BCUT2D eigenvalue weighted by Crippen LogP contribution is -2.26. The fourth-order valence-electron chi connectivity index (χ4n) is 2.28. The molecule has 1 aliphatic heterocycles. The molecule has 3 heteroatoms. The van der Waals surface area contributed by atoms with Gasteiger partial charge in [-0.05, 0) is 6.07 Å². The summed E-state index contributed by atoms with van der Waals surface area (Å²) in [5.74, 6) is 0. The van der Waals surface area contributed by atoms with E-state index in [9.17, 15) is 0 Å². The van der Waals surface area contributed by atoms with Gasteiger partial charge in [0, 0.05) is 18.2 Å². The minimum Gasteiger partial charge on any atom is -0.337 e. The molecule has 19 heavy (non-hydrogen) atoms. The van der Waals surface area contributed by atoms with Crippen molar-refractivity contribution in [2.45, 2.75) is 0 Å². The Labute approximate surface area is 118 Å². The second-order valence-corrected chi connectivity index (χ2v) is 4.97. The summed E-state index contributed by atoms with van der Waals surface area (Å²) in [4.78, 5) is 7.59. The zero-order chi connectivity index (χ0) is 13.2. The largest absolute Gasteiger partial charge is 0.337 e. The van der Waals surface area contributed by atoms with Gasteiger partial charge in [-0.3, -0.25) is 4.99 Å². The lowest BCUT2D eigenvalue weighted by Gasteiger charge is -2.19. The summed E-state index contributed by atoms with van der Waals surface area (Å²) in [5, 5.41) is 0. The number of hydrogen-bond acceptors (Lipinski definition) is 2. The molecule has 0 bridgehead atoms. The van der Waals surface area contributed by atoms with Crippen LogP contribution in [-0.2, 0) is 0 Å². The van der Waals surface area contributed by atoms with Crippen LogP contribution in [-0.4, -0.2) is 24.3 Å². The molecule has 0 aliphatic carbocycles. The smallest absolute Gasteiger partial charge is 0.104 e. The Kier molecular flexibility index (Phi) is 3.13. The molecular weight excluding hydrogens is 252 g/mol. The van der Waals surface area contributed by atoms with Gasteiger partial charge in [-0.2, -0.15) is 0 Å². The number of aliphatic imine (C=N–C) groups is 1. The fraction of sp³-hybridized carbons (Fsp3) is 0.125. The molecule has 2 aromatic rings. The maximum absolute atomic E-state index is 5.41. The van der Waals surface area contributed by atoms with Crippen LogP contribution in [0.25, 0.3) is 0 Å². The van der Waals surface area contributed by atoms with E-state index in [0.717, 1.165) is 27.5 Å². The van der Waals surface area contributed by atoms with Crippen molar-refractivity contribution >= 4 is 28.6 Å². The van der Waals surface area contributed by atoms with Crippen LogP contribution >= 0.6 is 12.2 Å². The maximum atomic E-state index is 5.41. The quantitative estimate of drug-likeness (QED) is 0.736. The number of thiocarbonyl (C=S) groups is 1. The van der Waals surface area contributed by atoms with Gasteiger partial charge in [-0.25, -0.2) is 0 Å². The van der Waals surface area contributed by atoms with Crippen LogP contribution in [0.3, 0.4) is 0 Å². The van der Waals surface area contributed by atoms with Crippen LogP contribution in [0.5, 0.6) is 0 Å². The normalized spacial score (nSPS) is 14.7. The van der Waals surface area contributed by atoms with Crippen molar-refractivity contribution in [1.82, 2.24) is 0 Å². The zero-order valence-electron chi connectivity index (χ0n) is 10.7. The third kappa shape index (κ3) is 2.17. The molecule has 2 aromatic carbocycles. The molecule has 0 N–H and O–H groups in total. The maximum Gasteiger partial charge on any atom is 0.104 e. The summed E-state index contributed by atoms with van der Waals surface area (Å²) in [6.45, 7) is 0.560. The first kappa shape index (κ1) is 12.1. The first-order valence-electron chi connectivity index (χ1n) is 6.23. The van der Waals surface area contributed by atoms with E-state index in [-0.39, 0.29) is 0 Å². The van der Waals surface area contributed by atoms with Gasteiger partial charge in [0.05, 0.1) is 17.9 Å². The monoisotopic (exact) mass is 266 g/mol. The standard InChI is InChI=1S/C16H14N2S/c1-18-14-10-6-5-9-13(14)16(17-11-15(18)19)12-7-3-2-4-8-12/h2-10H,11H2,1H3. The average Bonchev–Trinajstić information content (AvgIpc) is 2.59. The number of benzodiazepines with no additional fused rings is 1. The molecule has 1 aliphatic rings. The third-order valence-electron chi connectivity index (χ3n) is 3.31. The molecule has 0 radical (unpaired) electrons. The number of anilines is 1. The van der Waals surface area contributed by atoms with Crippen LogP contribution in [0.1, 0.15) is 11.1 Å². The lowest BCUT2D eigenvalue weighted by molar-refractivity contribution is 1.23. The summed E-state index contributed by atoms with van der Waals surface area (Å²) in [7, 11) is 2.00. The third-order valence-corrected chi connectivity index (χ3v) is 3.72. The van der Waals surface area contributed by atoms with Gasteiger partial charge in [0.2, 0.25) is 0 Å². The summed E-state index contributed by atoms with van der Waals surface area (Å²) in [5.41, 5.74) is 4.40. The lowest BCUT2D eigenvalue weighted by atomic mass is 10.0. The SMILES string of the molecule is CN1C(=S)CN=C(c2ccccc2)c2ccccc21. The van der Waals surface area contributed by atoms with Gasteiger partial charge in [-0.15, -0.1) is 0 Å². The van der Waals surface area contributed by atoms with Crippen molar-refractivity contribution in [3.63, 3.8) is 0 Å². The van der Waals surface area contributed by atoms with Gasteiger partial charge in [0.25, 0.3) is 0 Å². The van der Waals surface area contributed by atoms with Crippen molar-refractivity contribution in [3.8, 4) is 0 Å². The van der Waals surface area contributed by atoms with E-state index in [1.54, 1.807) is 0 Å². The minimum absolute atomic E-state index is 0.560. The molecule has 3 rings (SSSR count). The van der Waals surface area contributed by atoms with E-state index in [1.807, 2.05) is 42.3 Å². The Morgan fingerprint density at radius 2 is 1.68 bits per heavy atom. The first-order chi connectivity index (χ1) is 9.27. The highest BCUT2D eigenvalue weighted by molar-refractivity contribution is 7.80. The van der Waals surface area contributed by atoms with E-state index in [1.165, 1.54) is 0 Å². The predicted molar refractivity (Wildman–Crippen MR) is 84.4 cm³/mol. The Hall–Kier alpha value is -2.00. The Morgan fingerprint density at radius 3 is 2.47 bits per heavy atom. The molecule has 0 amide bonds. The van der Waals surface area contributed by atoms with Crippen LogP contribution in [0.2, 0.25) is 0 Å². The zero-order valence-corrected chi connectivity index (χ0v) is 11.5. The van der Waals surface area contributed by atoms with E-state index in [0.29, 0.717) is 6.54 Å². The van der Waals surface area contributed by atoms with E-state index in [4.69, 9.17) is 17.2 Å². The highest BCUT2D eigenvalue weighted by atomic mass is 32.1. The second kappa shape index (κ2) is 4.94. The van der Waals surface area contributed by atoms with Gasteiger partial charge >= 0.3 is 0 Å². The van der Waals surface area contributed by atoms with Crippen LogP contribution < -0.4 is 4.90 Å². The Bertz CT molecular complexity index is 647. The highest BCUT2D eigenvalue weighted by Crippen LogP contribution is 2.25. The summed E-state index contributed by atoms with van der Waals surface area (Å²) in [6, 6.07) is 18.5. The summed E-state index contributed by atoms with van der Waals surface area (Å²) in [6.07, 6.45) is 0. The van der Waals surface area contributed by atoms with Crippen molar-refractivity contribution in [1.29, 1.82) is 0 Å². The van der Waals surface area contributed by atoms with Crippen molar-refractivity contribution in [3.05, 3.63) is 65.7 Å². The molecule has 2 nitrogen and oxygen atoms in total. The molecule has 0 aromatic heterocycles. The van der Waals surface area contributed by atoms with Crippen molar-refractivity contribution in [2.24, 2.45) is 4.99 Å². The Morgan fingerprint density at radius 1 is 1.00 bits per heavy atom. The molecule has 94 valence electrons. The highest BCUT2D eigenvalue weighted by Gasteiger charge is 2.19. The van der Waals surface area contributed by atoms with Crippen LogP contribution in [0, 0.1) is 0 Å². The van der Waals surface area contributed by atoms with Gasteiger partial charge < -0.3 is 4.90 Å². The van der Waals surface area contributed by atoms with Gasteiger partial charge in [-0.1, -0.05) is 60.7 Å². The molecule has 0 fully saturated rings. The molecule has 0 spiro atoms. The predicted octanol–water partition coefficient (Wildman–Crippen LogP) is 3.30.